The molecule has 1 aromatic rings. The highest BCUT2D eigenvalue weighted by atomic mass is 79.9. The first-order chi connectivity index (χ1) is 8.54. The first-order valence-electron chi connectivity index (χ1n) is 6.73. The normalized spacial score (nSPS) is 13.0. The van der Waals surface area contributed by atoms with E-state index in [1.54, 1.807) is 0 Å². The molecule has 1 atom stereocenters. The molecule has 1 N–H and O–H groups in total. The van der Waals surface area contributed by atoms with E-state index in [0.717, 1.165) is 28.4 Å². The van der Waals surface area contributed by atoms with Crippen LogP contribution >= 0.6 is 27.5 Å². The van der Waals surface area contributed by atoms with Gasteiger partial charge in [0, 0.05) is 15.5 Å². The second-order valence-electron chi connectivity index (χ2n) is 5.10. The maximum absolute atomic E-state index is 6.31. The van der Waals surface area contributed by atoms with Crippen molar-refractivity contribution in [2.75, 3.05) is 6.54 Å². The summed E-state index contributed by atoms with van der Waals surface area (Å²) < 4.78 is 1.09. The standard InChI is InChI=1S/C15H23BrClN/c1-4-18-15(7-5-6-11(2)3)13-10-12(16)8-9-14(13)17/h8-11,15,18H,4-7H2,1-3H3. The molecule has 0 aromatic heterocycles. The van der Waals surface area contributed by atoms with Crippen molar-refractivity contribution in [2.24, 2.45) is 5.92 Å². The van der Waals surface area contributed by atoms with Crippen LogP contribution in [0.5, 0.6) is 0 Å². The molecule has 0 saturated heterocycles. The lowest BCUT2D eigenvalue weighted by atomic mass is 9.98. The van der Waals surface area contributed by atoms with Crippen molar-refractivity contribution in [1.82, 2.24) is 5.32 Å². The molecule has 18 heavy (non-hydrogen) atoms. The van der Waals surface area contributed by atoms with Crippen molar-refractivity contribution in [3.63, 3.8) is 0 Å². The first-order valence-corrected chi connectivity index (χ1v) is 7.90. The summed E-state index contributed by atoms with van der Waals surface area (Å²) in [7, 11) is 0. The maximum Gasteiger partial charge on any atom is 0.0454 e. The zero-order chi connectivity index (χ0) is 13.5. The molecular formula is C15H23BrClN. The van der Waals surface area contributed by atoms with E-state index in [9.17, 15) is 0 Å². The fraction of sp³-hybridized carbons (Fsp3) is 0.600. The lowest BCUT2D eigenvalue weighted by molar-refractivity contribution is 0.455. The molecule has 0 spiro atoms. The molecular weight excluding hydrogens is 310 g/mol. The molecule has 1 aromatic carbocycles. The fourth-order valence-corrected chi connectivity index (χ4v) is 2.75. The molecule has 0 heterocycles. The Hall–Kier alpha value is -0.0500. The average molecular weight is 333 g/mol. The van der Waals surface area contributed by atoms with Crippen LogP contribution in [0.2, 0.25) is 5.02 Å². The second kappa shape index (κ2) is 8.19. The molecule has 0 bridgehead atoms. The average Bonchev–Trinajstić information content (AvgIpc) is 2.31. The summed E-state index contributed by atoms with van der Waals surface area (Å²) in [5.74, 6) is 0.769. The van der Waals surface area contributed by atoms with Gasteiger partial charge in [-0.1, -0.05) is 61.1 Å². The summed E-state index contributed by atoms with van der Waals surface area (Å²) in [6.07, 6.45) is 3.65. The number of hydrogen-bond acceptors (Lipinski definition) is 1. The lowest BCUT2D eigenvalue weighted by Crippen LogP contribution is -2.21. The second-order valence-corrected chi connectivity index (χ2v) is 6.42. The van der Waals surface area contributed by atoms with E-state index in [1.165, 1.54) is 18.4 Å². The molecule has 1 unspecified atom stereocenters. The number of halogens is 2. The largest absolute Gasteiger partial charge is 0.310 e. The van der Waals surface area contributed by atoms with E-state index in [-0.39, 0.29) is 0 Å². The number of benzene rings is 1. The van der Waals surface area contributed by atoms with Crippen LogP contribution < -0.4 is 5.32 Å². The minimum atomic E-state index is 0.360. The monoisotopic (exact) mass is 331 g/mol. The van der Waals surface area contributed by atoms with Gasteiger partial charge in [0.15, 0.2) is 0 Å². The smallest absolute Gasteiger partial charge is 0.0454 e. The Morgan fingerprint density at radius 1 is 1.28 bits per heavy atom. The zero-order valence-electron chi connectivity index (χ0n) is 11.5. The van der Waals surface area contributed by atoms with Crippen LogP contribution in [0.4, 0.5) is 0 Å². The van der Waals surface area contributed by atoms with Crippen LogP contribution in [0.25, 0.3) is 0 Å². The minimum Gasteiger partial charge on any atom is -0.310 e. The summed E-state index contributed by atoms with van der Waals surface area (Å²) in [6, 6.07) is 6.45. The van der Waals surface area contributed by atoms with E-state index in [0.29, 0.717) is 6.04 Å². The minimum absolute atomic E-state index is 0.360. The molecule has 0 aliphatic heterocycles. The van der Waals surface area contributed by atoms with Gasteiger partial charge in [0.25, 0.3) is 0 Å². The van der Waals surface area contributed by atoms with Crippen molar-refractivity contribution in [3.05, 3.63) is 33.3 Å². The van der Waals surface area contributed by atoms with Crippen molar-refractivity contribution < 1.29 is 0 Å². The van der Waals surface area contributed by atoms with E-state index in [4.69, 9.17) is 11.6 Å². The van der Waals surface area contributed by atoms with E-state index in [2.05, 4.69) is 48.1 Å². The van der Waals surface area contributed by atoms with Gasteiger partial charge in [0.05, 0.1) is 0 Å². The fourth-order valence-electron chi connectivity index (χ4n) is 2.13. The Morgan fingerprint density at radius 3 is 2.61 bits per heavy atom. The molecule has 3 heteroatoms. The van der Waals surface area contributed by atoms with Gasteiger partial charge < -0.3 is 5.32 Å². The number of hydrogen-bond donors (Lipinski definition) is 1. The van der Waals surface area contributed by atoms with Crippen LogP contribution in [0.1, 0.15) is 51.6 Å². The highest BCUT2D eigenvalue weighted by Gasteiger charge is 2.14. The summed E-state index contributed by atoms with van der Waals surface area (Å²) >= 11 is 9.83. The lowest BCUT2D eigenvalue weighted by Gasteiger charge is -2.20. The SMILES string of the molecule is CCNC(CCCC(C)C)c1cc(Br)ccc1Cl. The Bertz CT molecular complexity index is 366. The summed E-state index contributed by atoms with van der Waals surface area (Å²) in [5, 5.41) is 4.39. The Balaban J connectivity index is 2.73. The quantitative estimate of drug-likeness (QED) is 0.687. The first kappa shape index (κ1) is 16.0. The van der Waals surface area contributed by atoms with Crippen molar-refractivity contribution in [3.8, 4) is 0 Å². The summed E-state index contributed by atoms with van der Waals surface area (Å²) in [5.41, 5.74) is 1.21. The zero-order valence-corrected chi connectivity index (χ0v) is 13.8. The van der Waals surface area contributed by atoms with Gasteiger partial charge in [0.2, 0.25) is 0 Å². The predicted octanol–water partition coefficient (Wildman–Crippen LogP) is 5.58. The Morgan fingerprint density at radius 2 is 2.00 bits per heavy atom. The molecule has 0 fully saturated rings. The van der Waals surface area contributed by atoms with Gasteiger partial charge in [-0.2, -0.15) is 0 Å². The van der Waals surface area contributed by atoms with Gasteiger partial charge in [-0.3, -0.25) is 0 Å². The third-order valence-electron chi connectivity index (χ3n) is 3.06. The Kier molecular flexibility index (Phi) is 7.28. The van der Waals surface area contributed by atoms with Crippen LogP contribution in [0.15, 0.2) is 22.7 Å². The molecule has 1 nitrogen and oxygen atoms in total. The maximum atomic E-state index is 6.31. The van der Waals surface area contributed by atoms with Crippen LogP contribution in [0, 0.1) is 5.92 Å². The van der Waals surface area contributed by atoms with E-state index >= 15 is 0 Å². The molecule has 1 rings (SSSR count). The highest BCUT2D eigenvalue weighted by molar-refractivity contribution is 9.10. The van der Waals surface area contributed by atoms with E-state index < -0.39 is 0 Å². The van der Waals surface area contributed by atoms with Gasteiger partial charge in [-0.25, -0.2) is 0 Å². The summed E-state index contributed by atoms with van der Waals surface area (Å²) in [6.45, 7) is 7.65. The van der Waals surface area contributed by atoms with Crippen LogP contribution in [-0.2, 0) is 0 Å². The van der Waals surface area contributed by atoms with Gasteiger partial charge in [-0.05, 0) is 42.6 Å². The van der Waals surface area contributed by atoms with Crippen molar-refractivity contribution >= 4 is 27.5 Å². The van der Waals surface area contributed by atoms with Crippen LogP contribution in [-0.4, -0.2) is 6.54 Å². The summed E-state index contributed by atoms with van der Waals surface area (Å²) in [4.78, 5) is 0. The number of nitrogens with one attached hydrogen (secondary N) is 1. The topological polar surface area (TPSA) is 12.0 Å². The van der Waals surface area contributed by atoms with Gasteiger partial charge in [-0.15, -0.1) is 0 Å². The molecule has 0 aliphatic rings. The molecule has 0 radical (unpaired) electrons. The molecule has 0 saturated carbocycles. The molecule has 0 aliphatic carbocycles. The van der Waals surface area contributed by atoms with Gasteiger partial charge in [0.1, 0.15) is 0 Å². The van der Waals surface area contributed by atoms with Gasteiger partial charge >= 0.3 is 0 Å². The predicted molar refractivity (Wildman–Crippen MR) is 84.3 cm³/mol. The third-order valence-corrected chi connectivity index (χ3v) is 3.90. The molecule has 102 valence electrons. The van der Waals surface area contributed by atoms with Crippen LogP contribution in [0.3, 0.4) is 0 Å². The van der Waals surface area contributed by atoms with Crippen molar-refractivity contribution in [2.45, 2.75) is 46.1 Å². The Labute approximate surface area is 124 Å². The van der Waals surface area contributed by atoms with Crippen molar-refractivity contribution in [1.29, 1.82) is 0 Å². The number of rotatable bonds is 7. The third kappa shape index (κ3) is 5.29. The van der Waals surface area contributed by atoms with E-state index in [1.807, 2.05) is 12.1 Å². The molecule has 0 amide bonds. The highest BCUT2D eigenvalue weighted by Crippen LogP contribution is 2.29.